The molecule has 0 saturated carbocycles. The van der Waals surface area contributed by atoms with Gasteiger partial charge in [0.1, 0.15) is 0 Å². The van der Waals surface area contributed by atoms with E-state index in [0.29, 0.717) is 0 Å². The Labute approximate surface area is 181 Å². The summed E-state index contributed by atoms with van der Waals surface area (Å²) in [5, 5.41) is 20.5. The van der Waals surface area contributed by atoms with Crippen LogP contribution >= 0.6 is 0 Å². The molecule has 0 aliphatic carbocycles. The van der Waals surface area contributed by atoms with Gasteiger partial charge in [0.05, 0.1) is 0 Å². The van der Waals surface area contributed by atoms with E-state index in [1.165, 1.54) is 49.9 Å². The summed E-state index contributed by atoms with van der Waals surface area (Å²) in [6, 6.07) is 16.7. The Hall–Kier alpha value is -0.845. The van der Waals surface area contributed by atoms with Crippen molar-refractivity contribution < 1.29 is 57.4 Å². The maximum Gasteiger partial charge on any atom is 1.00 e. The van der Waals surface area contributed by atoms with E-state index in [4.69, 9.17) is 9.47 Å². The third-order valence-electron chi connectivity index (χ3n) is 3.14. The average molecular weight is 344 g/mol. The molecule has 0 radical (unpaired) electrons. The molecule has 2 aliphatic rings. The standard InChI is InChI=1S/2C6H6O.2C4H8O.2Li/c2*7-6-4-2-1-3-5-6;2*1-2-4-5-3-1;;/h2*1-5,7H;2*1-4H2;;/q;;;;2*+1/p-2. The van der Waals surface area contributed by atoms with Crippen LogP contribution < -0.4 is 47.9 Å². The fraction of sp³-hybridized carbons (Fsp3) is 0.400. The smallest absolute Gasteiger partial charge is 0.872 e. The molecule has 0 atom stereocenters. The van der Waals surface area contributed by atoms with E-state index in [0.717, 1.165) is 26.4 Å². The minimum Gasteiger partial charge on any atom is -0.872 e. The van der Waals surface area contributed by atoms with Crippen molar-refractivity contribution in [2.75, 3.05) is 26.4 Å². The van der Waals surface area contributed by atoms with Gasteiger partial charge in [-0.3, -0.25) is 0 Å². The minimum absolute atomic E-state index is 0. The third-order valence-corrected chi connectivity index (χ3v) is 3.14. The molecule has 0 amide bonds. The molecule has 0 N–H and O–H groups in total. The second kappa shape index (κ2) is 20.5. The maximum atomic E-state index is 10.3. The van der Waals surface area contributed by atoms with Crippen molar-refractivity contribution in [3.63, 3.8) is 0 Å². The molecule has 0 aromatic heterocycles. The largest absolute Gasteiger partial charge is 1.00 e. The molecule has 2 aromatic rings. The van der Waals surface area contributed by atoms with Gasteiger partial charge in [-0.25, -0.2) is 0 Å². The number of hydrogen-bond donors (Lipinski definition) is 0. The van der Waals surface area contributed by atoms with Crippen molar-refractivity contribution in [3.05, 3.63) is 60.7 Å². The van der Waals surface area contributed by atoms with Crippen LogP contribution in [0.3, 0.4) is 0 Å². The Morgan fingerprint density at radius 3 is 0.885 bits per heavy atom. The van der Waals surface area contributed by atoms with Crippen LogP contribution in [0, 0.1) is 0 Å². The van der Waals surface area contributed by atoms with Crippen LogP contribution in [0.2, 0.25) is 0 Å². The van der Waals surface area contributed by atoms with Gasteiger partial charge in [0, 0.05) is 26.4 Å². The minimum atomic E-state index is 0. The van der Waals surface area contributed by atoms with E-state index < -0.39 is 0 Å². The van der Waals surface area contributed by atoms with E-state index in [-0.39, 0.29) is 49.2 Å². The Balaban J connectivity index is 0. The fourth-order valence-corrected chi connectivity index (χ4v) is 1.86. The molecular weight excluding hydrogens is 318 g/mol. The summed E-state index contributed by atoms with van der Waals surface area (Å²) in [4.78, 5) is 0. The van der Waals surface area contributed by atoms with Crippen molar-refractivity contribution in [2.45, 2.75) is 25.7 Å². The number of benzene rings is 2. The Kier molecular flexibility index (Phi) is 21.5. The topological polar surface area (TPSA) is 64.6 Å². The summed E-state index contributed by atoms with van der Waals surface area (Å²) < 4.78 is 9.89. The SMILES string of the molecule is C1CCOC1.C1CCOC1.[Li+].[Li+].[O-]c1ccccc1.[O-]c1ccccc1. The average Bonchev–Trinajstić information content (AvgIpc) is 3.36. The first-order chi connectivity index (χ1) is 11.8. The molecule has 2 fully saturated rings. The maximum absolute atomic E-state index is 10.3. The van der Waals surface area contributed by atoms with E-state index in [9.17, 15) is 10.2 Å². The first-order valence-electron chi connectivity index (χ1n) is 8.38. The van der Waals surface area contributed by atoms with Crippen molar-refractivity contribution in [1.29, 1.82) is 0 Å². The van der Waals surface area contributed by atoms with Crippen LogP contribution in [0.15, 0.2) is 60.7 Å². The molecule has 132 valence electrons. The van der Waals surface area contributed by atoms with Gasteiger partial charge < -0.3 is 19.7 Å². The molecule has 2 aliphatic heterocycles. The number of hydrogen-bond acceptors (Lipinski definition) is 4. The van der Waals surface area contributed by atoms with E-state index >= 15 is 0 Å². The number of ether oxygens (including phenoxy) is 2. The van der Waals surface area contributed by atoms with Crippen LogP contribution in [0.1, 0.15) is 25.7 Å². The number of para-hydroxylation sites is 2. The Bertz CT molecular complexity index is 427. The zero-order chi connectivity index (χ0) is 17.3. The second-order valence-corrected chi connectivity index (χ2v) is 5.27. The zero-order valence-corrected chi connectivity index (χ0v) is 16.1. The molecule has 4 nitrogen and oxygen atoms in total. The first-order valence-corrected chi connectivity index (χ1v) is 8.38. The summed E-state index contributed by atoms with van der Waals surface area (Å²) in [7, 11) is 0. The molecule has 0 bridgehead atoms. The van der Waals surface area contributed by atoms with Crippen molar-refractivity contribution in [3.8, 4) is 11.5 Å². The van der Waals surface area contributed by atoms with Gasteiger partial charge >= 0.3 is 37.7 Å². The summed E-state index contributed by atoms with van der Waals surface area (Å²) in [5.74, 6) is 0.144. The van der Waals surface area contributed by atoms with Gasteiger partial charge in [-0.15, -0.1) is 11.5 Å². The van der Waals surface area contributed by atoms with E-state index in [1.807, 2.05) is 12.1 Å². The predicted molar refractivity (Wildman–Crippen MR) is 91.9 cm³/mol. The molecule has 6 heteroatoms. The van der Waals surface area contributed by atoms with Crippen LogP contribution in [-0.4, -0.2) is 26.4 Å². The molecule has 0 unspecified atom stereocenters. The summed E-state index contributed by atoms with van der Waals surface area (Å²) in [5.41, 5.74) is 0. The first kappa shape index (κ1) is 27.4. The van der Waals surface area contributed by atoms with Gasteiger partial charge in [0.2, 0.25) is 0 Å². The van der Waals surface area contributed by atoms with E-state index in [2.05, 4.69) is 0 Å². The van der Waals surface area contributed by atoms with Crippen LogP contribution in [0.5, 0.6) is 11.5 Å². The van der Waals surface area contributed by atoms with Crippen molar-refractivity contribution >= 4 is 0 Å². The van der Waals surface area contributed by atoms with Crippen molar-refractivity contribution in [2.24, 2.45) is 0 Å². The van der Waals surface area contributed by atoms with Crippen molar-refractivity contribution in [1.82, 2.24) is 0 Å². The van der Waals surface area contributed by atoms with Crippen LogP contribution in [-0.2, 0) is 9.47 Å². The molecule has 2 aromatic carbocycles. The second-order valence-electron chi connectivity index (χ2n) is 5.27. The summed E-state index contributed by atoms with van der Waals surface area (Å²) in [6.07, 6.45) is 5.11. The fourth-order valence-electron chi connectivity index (χ4n) is 1.86. The summed E-state index contributed by atoms with van der Waals surface area (Å²) in [6.45, 7) is 4.00. The molecule has 4 rings (SSSR count). The van der Waals surface area contributed by atoms with Gasteiger partial charge in [-0.05, 0) is 25.7 Å². The van der Waals surface area contributed by atoms with Gasteiger partial charge in [-0.1, -0.05) is 60.7 Å². The Morgan fingerprint density at radius 2 is 0.769 bits per heavy atom. The molecule has 0 spiro atoms. The molecule has 2 saturated heterocycles. The Morgan fingerprint density at radius 1 is 0.500 bits per heavy atom. The predicted octanol–water partition coefficient (Wildman–Crippen LogP) is -2.88. The zero-order valence-electron chi connectivity index (χ0n) is 16.1. The molecular formula is C20H26Li2O4. The number of rotatable bonds is 0. The quantitative estimate of drug-likeness (QED) is 0.482. The van der Waals surface area contributed by atoms with Gasteiger partial charge in [0.25, 0.3) is 0 Å². The molecule has 2 heterocycles. The normalized spacial score (nSPS) is 13.8. The van der Waals surface area contributed by atoms with Crippen LogP contribution in [0.4, 0.5) is 0 Å². The summed E-state index contributed by atoms with van der Waals surface area (Å²) >= 11 is 0. The monoisotopic (exact) mass is 344 g/mol. The van der Waals surface area contributed by atoms with Crippen LogP contribution in [0.25, 0.3) is 0 Å². The van der Waals surface area contributed by atoms with Gasteiger partial charge in [0.15, 0.2) is 0 Å². The molecule has 26 heavy (non-hydrogen) atoms. The third kappa shape index (κ3) is 18.0. The van der Waals surface area contributed by atoms with E-state index in [1.54, 1.807) is 24.3 Å². The van der Waals surface area contributed by atoms with Gasteiger partial charge in [-0.2, -0.15) is 0 Å².